The topological polar surface area (TPSA) is 81.8 Å². The van der Waals surface area contributed by atoms with Crippen LogP contribution < -0.4 is 10.6 Å². The lowest BCUT2D eigenvalue weighted by molar-refractivity contribution is -0.136. The number of fused-ring (bicyclic) bond motifs is 1. The monoisotopic (exact) mass is 424 g/mol. The molecule has 2 N–H and O–H groups in total. The quantitative estimate of drug-likeness (QED) is 0.721. The fraction of sp³-hybridized carbons (Fsp3) is 0.625. The minimum absolute atomic E-state index is 0.0597. The zero-order valence-electron chi connectivity index (χ0n) is 18.1. The molecule has 2 atom stereocenters. The van der Waals surface area contributed by atoms with Crippen LogP contribution in [0.5, 0.6) is 0 Å². The Bertz CT molecular complexity index is 880. The van der Waals surface area contributed by atoms with Crippen LogP contribution in [0.2, 0.25) is 0 Å². The van der Waals surface area contributed by atoms with Crippen LogP contribution in [-0.4, -0.2) is 59.2 Å². The van der Waals surface area contributed by atoms with Gasteiger partial charge in [-0.05, 0) is 68.8 Å². The molecule has 0 radical (unpaired) electrons. The fourth-order valence-corrected chi connectivity index (χ4v) is 6.02. The van der Waals surface area contributed by atoms with Crippen LogP contribution in [0.1, 0.15) is 66.4 Å². The Morgan fingerprint density at radius 1 is 1.00 bits per heavy atom. The Balaban J connectivity index is 1.36. The van der Waals surface area contributed by atoms with Crippen LogP contribution >= 0.6 is 0 Å². The first kappa shape index (κ1) is 20.6. The third kappa shape index (κ3) is 4.01. The minimum Gasteiger partial charge on any atom is -0.322 e. The van der Waals surface area contributed by atoms with Gasteiger partial charge in [0, 0.05) is 31.1 Å². The number of likely N-dealkylation sites (tertiary alicyclic amines) is 1. The van der Waals surface area contributed by atoms with Crippen molar-refractivity contribution < 1.29 is 14.4 Å². The van der Waals surface area contributed by atoms with E-state index in [9.17, 15) is 14.4 Å². The first-order valence-electron chi connectivity index (χ1n) is 11.8. The number of nitrogens with one attached hydrogen (secondary N) is 2. The molecule has 31 heavy (non-hydrogen) atoms. The van der Waals surface area contributed by atoms with Gasteiger partial charge < -0.3 is 10.2 Å². The molecule has 0 aliphatic carbocycles. The predicted molar refractivity (Wildman–Crippen MR) is 116 cm³/mol. The molecule has 4 heterocycles. The summed E-state index contributed by atoms with van der Waals surface area (Å²) in [7, 11) is 0. The summed E-state index contributed by atoms with van der Waals surface area (Å²) in [5.74, 6) is 0.0746. The van der Waals surface area contributed by atoms with E-state index in [1.54, 1.807) is 4.90 Å². The third-order valence-corrected chi connectivity index (χ3v) is 7.60. The number of hydrogen-bond donors (Lipinski definition) is 2. The number of hydrogen-bond acceptors (Lipinski definition) is 5. The molecule has 0 aromatic heterocycles. The SMILES string of the molecule is O=C1CCC(N2Cc3cccc(CN4CCCCC4C4CCNCC4)c3C2=O)C(=O)N1. The summed E-state index contributed by atoms with van der Waals surface area (Å²) in [6, 6.07) is 6.17. The van der Waals surface area contributed by atoms with Crippen LogP contribution in [0.15, 0.2) is 18.2 Å². The number of benzene rings is 1. The van der Waals surface area contributed by atoms with Gasteiger partial charge in [-0.1, -0.05) is 24.6 Å². The number of carbonyl (C=O) groups is 3. The highest BCUT2D eigenvalue weighted by molar-refractivity contribution is 6.05. The molecule has 7 heteroatoms. The maximum absolute atomic E-state index is 13.4. The molecule has 0 spiro atoms. The Morgan fingerprint density at radius 2 is 1.84 bits per heavy atom. The van der Waals surface area contributed by atoms with E-state index in [2.05, 4.69) is 21.6 Å². The number of rotatable bonds is 4. The van der Waals surface area contributed by atoms with E-state index in [4.69, 9.17) is 0 Å². The van der Waals surface area contributed by atoms with Crippen molar-refractivity contribution in [3.63, 3.8) is 0 Å². The molecule has 0 bridgehead atoms. The van der Waals surface area contributed by atoms with E-state index in [1.165, 1.54) is 32.1 Å². The molecule has 0 saturated carbocycles. The van der Waals surface area contributed by atoms with Gasteiger partial charge in [0.15, 0.2) is 0 Å². The molecule has 4 aliphatic rings. The second-order valence-corrected chi connectivity index (χ2v) is 9.47. The largest absolute Gasteiger partial charge is 0.322 e. The first-order valence-corrected chi connectivity index (χ1v) is 11.8. The fourth-order valence-electron chi connectivity index (χ4n) is 6.02. The van der Waals surface area contributed by atoms with E-state index >= 15 is 0 Å². The van der Waals surface area contributed by atoms with Crippen LogP contribution in [0.4, 0.5) is 0 Å². The maximum atomic E-state index is 13.4. The Labute approximate surface area is 183 Å². The lowest BCUT2D eigenvalue weighted by Gasteiger charge is -2.42. The van der Waals surface area contributed by atoms with Crippen molar-refractivity contribution in [2.45, 2.75) is 70.1 Å². The number of nitrogens with zero attached hydrogens (tertiary/aromatic N) is 2. The highest BCUT2D eigenvalue weighted by atomic mass is 16.2. The summed E-state index contributed by atoms with van der Waals surface area (Å²) in [5, 5.41) is 5.87. The molecule has 2 unspecified atom stereocenters. The van der Waals surface area contributed by atoms with E-state index in [0.29, 0.717) is 19.0 Å². The highest BCUT2D eigenvalue weighted by Crippen LogP contribution is 2.34. The standard InChI is InChI=1S/C24H32N4O3/c29-21-8-7-20(23(30)26-21)28-15-18-5-3-4-17(22(18)24(28)31)14-27-13-2-1-6-19(27)16-9-11-25-12-10-16/h3-5,16,19-20,25H,1-2,6-15H2,(H,26,29,30). The van der Waals surface area contributed by atoms with Gasteiger partial charge in [0.2, 0.25) is 11.8 Å². The van der Waals surface area contributed by atoms with Gasteiger partial charge in [-0.15, -0.1) is 0 Å². The van der Waals surface area contributed by atoms with Crippen LogP contribution in [0, 0.1) is 5.92 Å². The van der Waals surface area contributed by atoms with Gasteiger partial charge in [0.05, 0.1) is 0 Å². The number of piperidine rings is 3. The summed E-state index contributed by atoms with van der Waals surface area (Å²) in [5.41, 5.74) is 2.86. The van der Waals surface area contributed by atoms with Gasteiger partial charge in [-0.25, -0.2) is 0 Å². The molecular formula is C24H32N4O3. The normalized spacial score (nSPS) is 28.0. The summed E-state index contributed by atoms with van der Waals surface area (Å²) < 4.78 is 0. The van der Waals surface area contributed by atoms with Crippen molar-refractivity contribution in [1.29, 1.82) is 0 Å². The minimum atomic E-state index is -0.553. The summed E-state index contributed by atoms with van der Waals surface area (Å²) in [6.07, 6.45) is 6.91. The van der Waals surface area contributed by atoms with Crippen LogP contribution in [0.25, 0.3) is 0 Å². The number of imide groups is 1. The molecule has 4 aliphatic heterocycles. The van der Waals surface area contributed by atoms with E-state index in [-0.39, 0.29) is 24.1 Å². The summed E-state index contributed by atoms with van der Waals surface area (Å²) in [4.78, 5) is 41.6. The smallest absolute Gasteiger partial charge is 0.255 e. The third-order valence-electron chi connectivity index (χ3n) is 7.60. The van der Waals surface area contributed by atoms with Crippen molar-refractivity contribution >= 4 is 17.7 Å². The molecule has 3 saturated heterocycles. The molecule has 1 aromatic rings. The van der Waals surface area contributed by atoms with Crippen molar-refractivity contribution in [3.05, 3.63) is 34.9 Å². The van der Waals surface area contributed by atoms with Crippen molar-refractivity contribution in [1.82, 2.24) is 20.4 Å². The molecule has 3 fully saturated rings. The van der Waals surface area contributed by atoms with Gasteiger partial charge in [-0.2, -0.15) is 0 Å². The van der Waals surface area contributed by atoms with Gasteiger partial charge >= 0.3 is 0 Å². The van der Waals surface area contributed by atoms with E-state index in [0.717, 1.165) is 48.8 Å². The Morgan fingerprint density at radius 3 is 2.65 bits per heavy atom. The highest BCUT2D eigenvalue weighted by Gasteiger charge is 2.40. The predicted octanol–water partition coefficient (Wildman–Crippen LogP) is 1.80. The average molecular weight is 425 g/mol. The zero-order valence-corrected chi connectivity index (χ0v) is 18.1. The van der Waals surface area contributed by atoms with E-state index < -0.39 is 6.04 Å². The number of amides is 3. The van der Waals surface area contributed by atoms with Crippen molar-refractivity contribution in [2.24, 2.45) is 5.92 Å². The second-order valence-electron chi connectivity index (χ2n) is 9.47. The molecule has 1 aromatic carbocycles. The Hall–Kier alpha value is -2.25. The molecule has 166 valence electrons. The van der Waals surface area contributed by atoms with Crippen LogP contribution in [0.3, 0.4) is 0 Å². The first-order chi connectivity index (χ1) is 15.1. The molecular weight excluding hydrogens is 392 g/mol. The van der Waals surface area contributed by atoms with Gasteiger partial charge in [0.25, 0.3) is 5.91 Å². The van der Waals surface area contributed by atoms with Crippen molar-refractivity contribution in [3.8, 4) is 0 Å². The van der Waals surface area contributed by atoms with Gasteiger partial charge in [-0.3, -0.25) is 24.6 Å². The Kier molecular flexibility index (Phi) is 5.80. The van der Waals surface area contributed by atoms with Crippen molar-refractivity contribution in [2.75, 3.05) is 19.6 Å². The molecule has 5 rings (SSSR count). The molecule has 3 amide bonds. The zero-order chi connectivity index (χ0) is 21.4. The van der Waals surface area contributed by atoms with Crippen LogP contribution in [-0.2, 0) is 22.7 Å². The summed E-state index contributed by atoms with van der Waals surface area (Å²) >= 11 is 0. The van der Waals surface area contributed by atoms with Gasteiger partial charge in [0.1, 0.15) is 6.04 Å². The maximum Gasteiger partial charge on any atom is 0.255 e. The molecule has 7 nitrogen and oxygen atoms in total. The lowest BCUT2D eigenvalue weighted by atomic mass is 9.84. The lowest BCUT2D eigenvalue weighted by Crippen LogP contribution is -2.52. The van der Waals surface area contributed by atoms with E-state index in [1.807, 2.05) is 12.1 Å². The number of carbonyl (C=O) groups excluding carboxylic acids is 3. The summed E-state index contributed by atoms with van der Waals surface area (Å²) in [6.45, 7) is 4.55. The average Bonchev–Trinajstić information content (AvgIpc) is 3.12. The second kappa shape index (κ2) is 8.71.